The zero-order valence-electron chi connectivity index (χ0n) is 21.4. The van der Waals surface area contributed by atoms with E-state index in [0.29, 0.717) is 23.7 Å². The Bertz CT molecular complexity index is 1060. The van der Waals surface area contributed by atoms with E-state index in [0.717, 1.165) is 62.6 Å². The summed E-state index contributed by atoms with van der Waals surface area (Å²) in [5.41, 5.74) is 1.53. The molecule has 5 aliphatic rings. The Labute approximate surface area is 211 Å². The minimum Gasteiger partial charge on any atom is -0.479 e. The molecule has 0 aromatic carbocycles. The van der Waals surface area contributed by atoms with E-state index in [-0.39, 0.29) is 10.8 Å². The van der Waals surface area contributed by atoms with Gasteiger partial charge in [-0.15, -0.1) is 0 Å². The maximum atomic E-state index is 11.6. The topological polar surface area (TPSA) is 145 Å². The zero-order chi connectivity index (χ0) is 25.8. The average Bonchev–Trinajstić information content (AvgIpc) is 3.32. The number of carboxylic acid groups (broad SMARTS) is 1. The van der Waals surface area contributed by atoms with Crippen LogP contribution < -0.4 is 0 Å². The van der Waals surface area contributed by atoms with Gasteiger partial charge in [0.05, 0.1) is 11.8 Å². The molecule has 9 nitrogen and oxygen atoms in total. The molecule has 0 radical (unpaired) electrons. The molecular weight excluding hydrogens is 464 g/mol. The molecule has 5 N–H and O–H groups in total. The van der Waals surface area contributed by atoms with E-state index in [9.17, 15) is 30.3 Å². The lowest BCUT2D eigenvalue weighted by atomic mass is 9.44. The third-order valence-corrected chi connectivity index (χ3v) is 11.7. The zero-order valence-corrected chi connectivity index (χ0v) is 21.4. The fraction of sp³-hybridized carbons (Fsp3) is 0.852. The molecule has 200 valence electrons. The van der Waals surface area contributed by atoms with Crippen LogP contribution in [0, 0.1) is 34.5 Å². The third kappa shape index (κ3) is 3.19. The maximum absolute atomic E-state index is 11.6. The second-order valence-corrected chi connectivity index (χ2v) is 13.1. The number of aliphatic hydroxyl groups is 4. The highest BCUT2D eigenvalue weighted by molar-refractivity contribution is 5.73. The first-order valence-corrected chi connectivity index (χ1v) is 13.6. The van der Waals surface area contributed by atoms with Crippen molar-refractivity contribution in [2.45, 2.75) is 108 Å². The molecule has 1 saturated heterocycles. The summed E-state index contributed by atoms with van der Waals surface area (Å²) in [4.78, 5) is 11.6. The molecular formula is C27H40N2O7. The minimum absolute atomic E-state index is 0.0113. The number of carboxylic acids is 1. The van der Waals surface area contributed by atoms with Gasteiger partial charge in [-0.3, -0.25) is 0 Å². The number of aliphatic hydroxyl groups excluding tert-OH is 3. The van der Waals surface area contributed by atoms with Crippen LogP contribution in [-0.2, 0) is 22.4 Å². The Kier molecular flexibility index (Phi) is 5.50. The van der Waals surface area contributed by atoms with Crippen LogP contribution in [0.2, 0.25) is 0 Å². The number of rotatable bonds is 2. The Morgan fingerprint density at radius 2 is 1.75 bits per heavy atom. The van der Waals surface area contributed by atoms with Crippen molar-refractivity contribution in [2.24, 2.45) is 34.5 Å². The predicted molar refractivity (Wildman–Crippen MR) is 128 cm³/mol. The van der Waals surface area contributed by atoms with E-state index in [4.69, 9.17) is 4.74 Å². The van der Waals surface area contributed by atoms with E-state index in [1.54, 1.807) is 10.9 Å². The number of aromatic nitrogens is 2. The summed E-state index contributed by atoms with van der Waals surface area (Å²) in [7, 11) is 0. The lowest BCUT2D eigenvalue weighted by molar-refractivity contribution is -0.249. The van der Waals surface area contributed by atoms with Crippen molar-refractivity contribution in [3.63, 3.8) is 0 Å². The van der Waals surface area contributed by atoms with Gasteiger partial charge in [-0.2, -0.15) is 5.10 Å². The number of hydrogen-bond acceptors (Lipinski definition) is 7. The van der Waals surface area contributed by atoms with Crippen LogP contribution in [0.4, 0.5) is 0 Å². The largest absolute Gasteiger partial charge is 0.479 e. The number of aliphatic carboxylic acids is 1. The Balaban J connectivity index is 1.29. The number of hydrogen-bond donors (Lipinski definition) is 5. The van der Waals surface area contributed by atoms with Crippen molar-refractivity contribution in [3.8, 4) is 0 Å². The molecule has 36 heavy (non-hydrogen) atoms. The molecule has 12 atom stereocenters. The monoisotopic (exact) mass is 504 g/mol. The molecule has 12 unspecified atom stereocenters. The van der Waals surface area contributed by atoms with Gasteiger partial charge in [0.25, 0.3) is 0 Å². The van der Waals surface area contributed by atoms with E-state index < -0.39 is 42.2 Å². The van der Waals surface area contributed by atoms with Crippen LogP contribution in [0.1, 0.15) is 76.8 Å². The summed E-state index contributed by atoms with van der Waals surface area (Å²) < 4.78 is 7.14. The van der Waals surface area contributed by atoms with E-state index in [1.807, 2.05) is 6.92 Å². The SMILES string of the molecule is CC12Cc3cnn(C4OC(C(=O)O)C(O)C(O)C4O)c3CC1CCC1C2CCC2(C)C1CCC2(C)O. The van der Waals surface area contributed by atoms with Crippen molar-refractivity contribution in [1.82, 2.24) is 9.78 Å². The highest BCUT2D eigenvalue weighted by atomic mass is 16.6. The van der Waals surface area contributed by atoms with Gasteiger partial charge >= 0.3 is 5.97 Å². The summed E-state index contributed by atoms with van der Waals surface area (Å²) in [6.45, 7) is 6.77. The average molecular weight is 505 g/mol. The van der Waals surface area contributed by atoms with Gasteiger partial charge < -0.3 is 30.3 Å². The predicted octanol–water partition coefficient (Wildman–Crippen LogP) is 1.66. The van der Waals surface area contributed by atoms with Gasteiger partial charge in [-0.25, -0.2) is 9.48 Å². The lowest BCUT2D eigenvalue weighted by Gasteiger charge is -2.61. The Morgan fingerprint density at radius 3 is 2.47 bits per heavy atom. The van der Waals surface area contributed by atoms with E-state index in [2.05, 4.69) is 18.9 Å². The maximum Gasteiger partial charge on any atom is 0.335 e. The van der Waals surface area contributed by atoms with Gasteiger partial charge in [0.2, 0.25) is 0 Å². The van der Waals surface area contributed by atoms with Crippen molar-refractivity contribution in [1.29, 1.82) is 0 Å². The van der Waals surface area contributed by atoms with Crippen LogP contribution in [-0.4, -0.2) is 71.3 Å². The molecule has 1 aliphatic heterocycles. The van der Waals surface area contributed by atoms with Crippen molar-refractivity contribution < 1.29 is 35.1 Å². The third-order valence-electron chi connectivity index (χ3n) is 11.7. The summed E-state index contributed by atoms with van der Waals surface area (Å²) in [6.07, 6.45) is 2.17. The lowest BCUT2D eigenvalue weighted by Crippen LogP contribution is -2.58. The minimum atomic E-state index is -1.72. The molecule has 4 aliphatic carbocycles. The van der Waals surface area contributed by atoms with E-state index >= 15 is 0 Å². The van der Waals surface area contributed by atoms with Gasteiger partial charge in [0.15, 0.2) is 12.3 Å². The van der Waals surface area contributed by atoms with Crippen LogP contribution in [0.15, 0.2) is 6.20 Å². The second kappa shape index (κ2) is 7.99. The molecule has 1 aromatic rings. The highest BCUT2D eigenvalue weighted by Crippen LogP contribution is 2.67. The first-order chi connectivity index (χ1) is 16.9. The number of ether oxygens (including phenoxy) is 1. The van der Waals surface area contributed by atoms with Crippen molar-refractivity contribution in [3.05, 3.63) is 17.5 Å². The van der Waals surface area contributed by atoms with Crippen LogP contribution in [0.25, 0.3) is 0 Å². The number of fused-ring (bicyclic) bond motifs is 6. The molecule has 1 aromatic heterocycles. The number of carbonyl (C=O) groups is 1. The Morgan fingerprint density at radius 1 is 1.03 bits per heavy atom. The van der Waals surface area contributed by atoms with Crippen molar-refractivity contribution >= 4 is 5.97 Å². The van der Waals surface area contributed by atoms with Gasteiger partial charge in [0.1, 0.15) is 18.3 Å². The molecule has 4 fully saturated rings. The number of nitrogens with zero attached hydrogens (tertiary/aromatic N) is 2. The summed E-state index contributed by atoms with van der Waals surface area (Å²) in [5.74, 6) is 0.802. The molecule has 3 saturated carbocycles. The summed E-state index contributed by atoms with van der Waals surface area (Å²) in [6, 6.07) is 0. The van der Waals surface area contributed by atoms with Gasteiger partial charge in [0, 0.05) is 5.69 Å². The van der Waals surface area contributed by atoms with Crippen molar-refractivity contribution in [2.75, 3.05) is 0 Å². The summed E-state index contributed by atoms with van der Waals surface area (Å²) >= 11 is 0. The van der Waals surface area contributed by atoms with Crippen LogP contribution in [0.5, 0.6) is 0 Å². The second-order valence-electron chi connectivity index (χ2n) is 13.1. The van der Waals surface area contributed by atoms with Gasteiger partial charge in [-0.05, 0) is 98.4 Å². The smallest absolute Gasteiger partial charge is 0.335 e. The first-order valence-electron chi connectivity index (χ1n) is 13.6. The normalized spacial score (nSPS) is 52.1. The first kappa shape index (κ1) is 24.8. The van der Waals surface area contributed by atoms with Gasteiger partial charge in [-0.1, -0.05) is 13.8 Å². The molecule has 6 rings (SSSR count). The highest BCUT2D eigenvalue weighted by Gasteiger charge is 2.63. The van der Waals surface area contributed by atoms with Crippen LogP contribution >= 0.6 is 0 Å². The molecule has 2 heterocycles. The standard InChI is InChI=1S/C27H40N2O7/c1-25-11-13-12-28-29(23-21(32)19(30)20(31)22(36-23)24(33)34)18(13)10-14(25)4-5-15-16(25)6-8-26(2)17(15)7-9-27(26,3)35/h12,14-17,19-23,30-32,35H,4-11H2,1-3H3,(H,33,34). The fourth-order valence-corrected chi connectivity index (χ4v) is 9.32. The molecule has 0 bridgehead atoms. The fourth-order valence-electron chi connectivity index (χ4n) is 9.32. The van der Waals surface area contributed by atoms with E-state index in [1.165, 1.54) is 0 Å². The molecule has 9 heteroatoms. The quantitative estimate of drug-likeness (QED) is 0.409. The Hall–Kier alpha value is -1.52. The molecule has 0 spiro atoms. The van der Waals surface area contributed by atoms with Crippen LogP contribution in [0.3, 0.4) is 0 Å². The molecule has 0 amide bonds. The summed E-state index contributed by atoms with van der Waals surface area (Å²) in [5, 5.41) is 56.2.